The minimum atomic E-state index is -3.92. The molecule has 0 aromatic carbocycles. The number of anilines is 1. The molecule has 4 rings (SSSR count). The van der Waals surface area contributed by atoms with Crippen LogP contribution in [0, 0.1) is 13.8 Å². The number of nitrogens with zero attached hydrogens (tertiary/aromatic N) is 1. The van der Waals surface area contributed by atoms with E-state index in [2.05, 4.69) is 6.92 Å². The quantitative estimate of drug-likeness (QED) is 0.370. The van der Waals surface area contributed by atoms with Crippen LogP contribution < -0.4 is 4.31 Å². The Morgan fingerprint density at radius 2 is 1.72 bits per heavy atom. The third-order valence-corrected chi connectivity index (χ3v) is 9.99. The first-order chi connectivity index (χ1) is 13.9. The molecule has 0 saturated carbocycles. The van der Waals surface area contributed by atoms with Crippen molar-refractivity contribution in [2.75, 3.05) is 4.31 Å². The molecule has 1 amide bonds. The number of rotatable bonds is 8. The van der Waals surface area contributed by atoms with Crippen LogP contribution in [0.15, 0.2) is 20.8 Å². The molecule has 0 bridgehead atoms. The van der Waals surface area contributed by atoms with Gasteiger partial charge in [-0.15, -0.1) is 22.7 Å². The molecule has 1 aliphatic rings. The van der Waals surface area contributed by atoms with Crippen LogP contribution in [0.4, 0.5) is 5.88 Å². The van der Waals surface area contributed by atoms with Crippen molar-refractivity contribution in [3.8, 4) is 0 Å². The Morgan fingerprint density at radius 1 is 1.00 bits per heavy atom. The molecular formula is C21H25NO4S3. The molecule has 29 heavy (non-hydrogen) atoms. The minimum Gasteiger partial charge on any atom is -0.444 e. The molecular weight excluding hydrogens is 426 g/mol. The second-order valence-corrected chi connectivity index (χ2v) is 11.9. The van der Waals surface area contributed by atoms with E-state index < -0.39 is 15.9 Å². The van der Waals surface area contributed by atoms with Gasteiger partial charge in [0.05, 0.1) is 10.3 Å². The van der Waals surface area contributed by atoms with Gasteiger partial charge in [-0.1, -0.05) is 39.0 Å². The topological polar surface area (TPSA) is 67.6 Å². The van der Waals surface area contributed by atoms with Gasteiger partial charge in [-0.05, 0) is 26.3 Å². The van der Waals surface area contributed by atoms with E-state index in [0.29, 0.717) is 5.56 Å². The zero-order valence-electron chi connectivity index (χ0n) is 16.9. The molecule has 3 aromatic rings. The van der Waals surface area contributed by atoms with Crippen molar-refractivity contribution in [1.82, 2.24) is 0 Å². The minimum absolute atomic E-state index is 0.0946. The molecule has 0 N–H and O–H groups in total. The Bertz CT molecular complexity index is 1170. The summed E-state index contributed by atoms with van der Waals surface area (Å²) in [5, 5.41) is 0.780. The zero-order chi connectivity index (χ0) is 20.8. The monoisotopic (exact) mass is 451 g/mol. The summed E-state index contributed by atoms with van der Waals surface area (Å²) in [4.78, 5) is 15.1. The summed E-state index contributed by atoms with van der Waals surface area (Å²) >= 11 is 2.79. The zero-order valence-corrected chi connectivity index (χ0v) is 19.4. The summed E-state index contributed by atoms with van der Waals surface area (Å²) in [6, 6.07) is 3.38. The summed E-state index contributed by atoms with van der Waals surface area (Å²) in [7, 11) is -3.92. The lowest BCUT2D eigenvalue weighted by Crippen LogP contribution is -2.29. The Kier molecular flexibility index (Phi) is 5.61. The van der Waals surface area contributed by atoms with Gasteiger partial charge >= 0.3 is 0 Å². The number of carbonyl (C=O) groups excluding carboxylic acids is 1. The van der Waals surface area contributed by atoms with Crippen LogP contribution in [0.5, 0.6) is 0 Å². The van der Waals surface area contributed by atoms with Gasteiger partial charge in [0, 0.05) is 27.6 Å². The Morgan fingerprint density at radius 3 is 2.48 bits per heavy atom. The van der Waals surface area contributed by atoms with Crippen molar-refractivity contribution in [3.05, 3.63) is 33.2 Å². The molecule has 0 unspecified atom stereocenters. The fraction of sp³-hybridized carbons (Fsp3) is 0.476. The van der Waals surface area contributed by atoms with Crippen molar-refractivity contribution >= 4 is 54.6 Å². The van der Waals surface area contributed by atoms with Crippen LogP contribution in [-0.2, 0) is 16.4 Å². The lowest BCUT2D eigenvalue weighted by molar-refractivity contribution is 0.101. The lowest BCUT2D eigenvalue weighted by atomic mass is 10.1. The van der Waals surface area contributed by atoms with Crippen LogP contribution in [0.25, 0.3) is 10.1 Å². The number of carbonyl (C=O) groups is 1. The van der Waals surface area contributed by atoms with Gasteiger partial charge in [0.15, 0.2) is 4.21 Å². The van der Waals surface area contributed by atoms with E-state index in [9.17, 15) is 13.2 Å². The van der Waals surface area contributed by atoms with Crippen molar-refractivity contribution in [2.45, 2.75) is 69.9 Å². The molecule has 4 heterocycles. The molecule has 1 aliphatic heterocycles. The number of sulfonamides is 1. The summed E-state index contributed by atoms with van der Waals surface area (Å²) in [6.45, 7) is 6.09. The third kappa shape index (κ3) is 3.45. The maximum Gasteiger partial charge on any atom is 0.283 e. The summed E-state index contributed by atoms with van der Waals surface area (Å²) in [5.41, 5.74) is 0.306. The van der Waals surface area contributed by atoms with Crippen LogP contribution in [0.2, 0.25) is 0 Å². The summed E-state index contributed by atoms with van der Waals surface area (Å²) < 4.78 is 33.9. The van der Waals surface area contributed by atoms with Crippen LogP contribution in [0.1, 0.15) is 71.3 Å². The Labute approximate surface area is 179 Å². The summed E-state index contributed by atoms with van der Waals surface area (Å²) in [5.74, 6) is 0.311. The molecule has 0 fully saturated rings. The van der Waals surface area contributed by atoms with Crippen LogP contribution in [0.3, 0.4) is 0 Å². The molecule has 156 valence electrons. The highest BCUT2D eigenvalue weighted by molar-refractivity contribution is 7.96. The predicted octanol–water partition coefficient (Wildman–Crippen LogP) is 6.42. The molecule has 3 aromatic heterocycles. The Balaban J connectivity index is 1.55. The van der Waals surface area contributed by atoms with E-state index in [4.69, 9.17) is 4.42 Å². The second kappa shape index (κ2) is 7.89. The van der Waals surface area contributed by atoms with Gasteiger partial charge < -0.3 is 4.42 Å². The number of unbranched alkanes of at least 4 members (excludes halogenated alkanes) is 5. The average molecular weight is 452 g/mol. The first-order valence-electron chi connectivity index (χ1n) is 10.1. The highest BCUT2D eigenvalue weighted by Crippen LogP contribution is 2.48. The number of hydrogen-bond donors (Lipinski definition) is 0. The predicted molar refractivity (Wildman–Crippen MR) is 119 cm³/mol. The van der Waals surface area contributed by atoms with Gasteiger partial charge in [0.1, 0.15) is 5.76 Å². The van der Waals surface area contributed by atoms with Gasteiger partial charge in [0.25, 0.3) is 15.9 Å². The van der Waals surface area contributed by atoms with E-state index >= 15 is 0 Å². The number of amides is 1. The number of hydrogen-bond acceptors (Lipinski definition) is 6. The molecule has 8 heteroatoms. The summed E-state index contributed by atoms with van der Waals surface area (Å²) in [6.07, 6.45) is 7.82. The van der Waals surface area contributed by atoms with Crippen molar-refractivity contribution in [2.24, 2.45) is 0 Å². The molecule has 0 spiro atoms. The van der Waals surface area contributed by atoms with E-state index in [-0.39, 0.29) is 10.1 Å². The van der Waals surface area contributed by atoms with Gasteiger partial charge in [0.2, 0.25) is 5.88 Å². The van der Waals surface area contributed by atoms with Gasteiger partial charge in [-0.25, -0.2) is 0 Å². The van der Waals surface area contributed by atoms with Crippen molar-refractivity contribution in [1.29, 1.82) is 0 Å². The van der Waals surface area contributed by atoms with E-state index in [0.717, 1.165) is 49.2 Å². The first kappa shape index (κ1) is 20.6. The van der Waals surface area contributed by atoms with Crippen molar-refractivity contribution in [3.63, 3.8) is 0 Å². The third-order valence-electron chi connectivity index (χ3n) is 5.35. The number of fused-ring (bicyclic) bond motifs is 3. The van der Waals surface area contributed by atoms with Gasteiger partial charge in [-0.3, -0.25) is 4.79 Å². The van der Waals surface area contributed by atoms with Gasteiger partial charge in [-0.2, -0.15) is 12.7 Å². The SMILES string of the molecule is CCCCCCCCc1ccc(N2C(=O)c3c(sc4c(C)sc(C)c34)S2(=O)=O)o1. The second-order valence-electron chi connectivity index (χ2n) is 7.52. The fourth-order valence-electron chi connectivity index (χ4n) is 3.90. The van der Waals surface area contributed by atoms with Crippen molar-refractivity contribution < 1.29 is 17.6 Å². The standard InChI is InChI=1S/C21H25NO4S3/c1-4-5-6-7-8-9-10-15-11-12-16(26-15)22-20(23)18-17-13(2)27-14(3)19(17)28-21(18)29(22,24)25/h11-12H,4-10H2,1-3H3. The first-order valence-corrected chi connectivity index (χ1v) is 13.1. The highest BCUT2D eigenvalue weighted by atomic mass is 32.2. The normalized spacial score (nSPS) is 15.6. The highest BCUT2D eigenvalue weighted by Gasteiger charge is 2.47. The number of aryl methyl sites for hydroxylation is 3. The molecule has 0 atom stereocenters. The molecule has 0 saturated heterocycles. The van der Waals surface area contributed by atoms with Crippen LogP contribution in [-0.4, -0.2) is 14.3 Å². The van der Waals surface area contributed by atoms with E-state index in [1.165, 1.54) is 37.0 Å². The molecule has 0 radical (unpaired) electrons. The fourth-order valence-corrected chi connectivity index (χ4v) is 8.30. The maximum absolute atomic E-state index is 13.1. The van der Waals surface area contributed by atoms with E-state index in [1.807, 2.05) is 13.8 Å². The largest absolute Gasteiger partial charge is 0.444 e. The smallest absolute Gasteiger partial charge is 0.283 e. The number of furan rings is 1. The Hall–Kier alpha value is -1.64. The lowest BCUT2D eigenvalue weighted by Gasteiger charge is -2.11. The van der Waals surface area contributed by atoms with Crippen LogP contribution >= 0.6 is 22.7 Å². The molecule has 0 aliphatic carbocycles. The average Bonchev–Trinajstić information content (AvgIpc) is 3.38. The van der Waals surface area contributed by atoms with E-state index in [1.54, 1.807) is 23.5 Å². The maximum atomic E-state index is 13.1. The molecule has 5 nitrogen and oxygen atoms in total. The number of thiophene rings is 2.